The Hall–Kier alpha value is -1.31. The number of pyridine rings is 1. The maximum absolute atomic E-state index is 4.21. The molecule has 1 aromatic rings. The summed E-state index contributed by atoms with van der Waals surface area (Å²) in [5.74, 6) is 0. The molecule has 0 atom stereocenters. The Morgan fingerprint density at radius 1 is 1.54 bits per heavy atom. The van der Waals surface area contributed by atoms with Crippen LogP contribution in [0.2, 0.25) is 0 Å². The van der Waals surface area contributed by atoms with Gasteiger partial charge in [-0.15, -0.1) is 0 Å². The van der Waals surface area contributed by atoms with Crippen LogP contribution in [0, 0.1) is 0 Å². The molecule has 1 aromatic heterocycles. The van der Waals surface area contributed by atoms with Crippen LogP contribution in [0.5, 0.6) is 0 Å². The minimum absolute atomic E-state index is 0.777. The number of nitrogens with one attached hydrogen (secondary N) is 1. The van der Waals surface area contributed by atoms with Crippen molar-refractivity contribution in [2.24, 2.45) is 0 Å². The maximum atomic E-state index is 4.21. The maximum Gasteiger partial charge on any atom is 0.0594 e. The van der Waals surface area contributed by atoms with Gasteiger partial charge >= 0.3 is 0 Å². The van der Waals surface area contributed by atoms with Gasteiger partial charge in [0.1, 0.15) is 0 Å². The zero-order chi connectivity index (χ0) is 9.52. The highest BCUT2D eigenvalue weighted by Gasteiger charge is 1.93. The summed E-state index contributed by atoms with van der Waals surface area (Å²) in [6.07, 6.45) is 3.97. The first kappa shape index (κ1) is 9.78. The summed E-state index contributed by atoms with van der Waals surface area (Å²) in [4.78, 5) is 4.21. The van der Waals surface area contributed by atoms with Crippen molar-refractivity contribution in [1.82, 2.24) is 10.3 Å². The summed E-state index contributed by atoms with van der Waals surface area (Å²) >= 11 is 0. The number of rotatable bonds is 5. The van der Waals surface area contributed by atoms with Gasteiger partial charge in [-0.3, -0.25) is 4.98 Å². The molecule has 0 saturated carbocycles. The van der Waals surface area contributed by atoms with Gasteiger partial charge in [0.05, 0.1) is 12.2 Å². The second-order valence-corrected chi connectivity index (χ2v) is 3.03. The van der Waals surface area contributed by atoms with Gasteiger partial charge in [-0.2, -0.15) is 0 Å². The van der Waals surface area contributed by atoms with Crippen molar-refractivity contribution in [3.05, 3.63) is 42.4 Å². The van der Waals surface area contributed by atoms with E-state index in [9.17, 15) is 0 Å². The molecule has 0 amide bonds. The Kier molecular flexibility index (Phi) is 4.03. The lowest BCUT2D eigenvalue weighted by molar-refractivity contribution is 0.727. The molecule has 0 aliphatic heterocycles. The Labute approximate surface area is 79.7 Å². The molecule has 0 unspecified atom stereocenters. The van der Waals surface area contributed by atoms with Crippen LogP contribution >= 0.6 is 0 Å². The van der Waals surface area contributed by atoms with Gasteiger partial charge < -0.3 is 5.32 Å². The lowest BCUT2D eigenvalue weighted by Crippen LogP contribution is -2.12. The molecule has 1 rings (SSSR count). The van der Waals surface area contributed by atoms with E-state index < -0.39 is 0 Å². The highest BCUT2D eigenvalue weighted by Crippen LogP contribution is 1.99. The van der Waals surface area contributed by atoms with Gasteiger partial charge in [-0.25, -0.2) is 0 Å². The summed E-state index contributed by atoms with van der Waals surface area (Å²) in [6.45, 7) is 6.84. The van der Waals surface area contributed by atoms with E-state index in [1.165, 1.54) is 0 Å². The van der Waals surface area contributed by atoms with Crippen molar-refractivity contribution in [3.8, 4) is 0 Å². The van der Waals surface area contributed by atoms with Gasteiger partial charge in [0.2, 0.25) is 0 Å². The lowest BCUT2D eigenvalue weighted by atomic mass is 10.2. The first-order valence-electron chi connectivity index (χ1n) is 4.64. The molecule has 0 saturated heterocycles. The van der Waals surface area contributed by atoms with Crippen LogP contribution in [0.3, 0.4) is 0 Å². The zero-order valence-corrected chi connectivity index (χ0v) is 8.09. The van der Waals surface area contributed by atoms with Gasteiger partial charge in [0, 0.05) is 11.9 Å². The van der Waals surface area contributed by atoms with Crippen LogP contribution in [0.15, 0.2) is 36.7 Å². The molecule has 0 bridgehead atoms. The minimum atomic E-state index is 0.777. The molecule has 70 valence electrons. The second kappa shape index (κ2) is 5.36. The quantitative estimate of drug-likeness (QED) is 0.745. The molecular formula is C11H16N2. The normalized spacial score (nSPS) is 9.62. The molecule has 1 N–H and O–H groups in total. The smallest absolute Gasteiger partial charge is 0.0594 e. The van der Waals surface area contributed by atoms with Crippen LogP contribution in [0.1, 0.15) is 25.5 Å². The van der Waals surface area contributed by atoms with E-state index in [0.717, 1.165) is 30.8 Å². The van der Waals surface area contributed by atoms with Crippen LogP contribution in [-0.2, 0) is 6.54 Å². The van der Waals surface area contributed by atoms with Gasteiger partial charge in [-0.05, 0) is 18.6 Å². The summed E-state index contributed by atoms with van der Waals surface area (Å²) in [7, 11) is 0. The van der Waals surface area contributed by atoms with Crippen molar-refractivity contribution in [2.75, 3.05) is 0 Å². The largest absolute Gasteiger partial charge is 0.383 e. The monoisotopic (exact) mass is 176 g/mol. The average Bonchev–Trinajstić information content (AvgIpc) is 2.17. The number of hydrogen-bond acceptors (Lipinski definition) is 2. The first-order chi connectivity index (χ1) is 6.33. The van der Waals surface area contributed by atoms with Crippen LogP contribution in [0.25, 0.3) is 0 Å². The molecular weight excluding hydrogens is 160 g/mol. The van der Waals surface area contributed by atoms with E-state index in [4.69, 9.17) is 0 Å². The molecule has 0 fully saturated rings. The summed E-state index contributed by atoms with van der Waals surface area (Å²) < 4.78 is 0. The van der Waals surface area contributed by atoms with Crippen molar-refractivity contribution in [1.29, 1.82) is 0 Å². The van der Waals surface area contributed by atoms with Crippen molar-refractivity contribution >= 4 is 0 Å². The number of allylic oxidation sites excluding steroid dienone is 1. The standard InChI is InChI=1S/C11H16N2/c1-3-6-10(2)13-9-11-7-4-5-8-12-11/h4-5,7-8,13H,2-3,6,9H2,1H3. The van der Waals surface area contributed by atoms with Crippen LogP contribution in [0.4, 0.5) is 0 Å². The molecule has 13 heavy (non-hydrogen) atoms. The van der Waals surface area contributed by atoms with Gasteiger partial charge in [0.25, 0.3) is 0 Å². The molecule has 2 nitrogen and oxygen atoms in total. The highest BCUT2D eigenvalue weighted by atomic mass is 14.9. The Morgan fingerprint density at radius 3 is 3.00 bits per heavy atom. The predicted molar refractivity (Wildman–Crippen MR) is 55.1 cm³/mol. The van der Waals surface area contributed by atoms with E-state index in [0.29, 0.717) is 0 Å². The van der Waals surface area contributed by atoms with Gasteiger partial charge in [0.15, 0.2) is 0 Å². The molecule has 1 heterocycles. The summed E-state index contributed by atoms with van der Waals surface area (Å²) in [6, 6.07) is 5.92. The fraction of sp³-hybridized carbons (Fsp3) is 0.364. The zero-order valence-electron chi connectivity index (χ0n) is 8.09. The molecule has 0 aliphatic rings. The molecule has 0 spiro atoms. The first-order valence-corrected chi connectivity index (χ1v) is 4.64. The van der Waals surface area contributed by atoms with Crippen molar-refractivity contribution in [2.45, 2.75) is 26.3 Å². The van der Waals surface area contributed by atoms with Crippen LogP contribution < -0.4 is 5.32 Å². The number of aromatic nitrogens is 1. The van der Waals surface area contributed by atoms with Crippen molar-refractivity contribution < 1.29 is 0 Å². The molecule has 0 radical (unpaired) electrons. The number of nitrogens with zero attached hydrogens (tertiary/aromatic N) is 1. The third-order valence-corrected chi connectivity index (χ3v) is 1.80. The summed E-state index contributed by atoms with van der Waals surface area (Å²) in [5, 5.41) is 3.24. The third-order valence-electron chi connectivity index (χ3n) is 1.80. The van der Waals surface area contributed by atoms with Crippen LogP contribution in [-0.4, -0.2) is 4.98 Å². The van der Waals surface area contributed by atoms with E-state index in [2.05, 4.69) is 23.8 Å². The van der Waals surface area contributed by atoms with E-state index in [1.807, 2.05) is 18.2 Å². The molecule has 2 heteroatoms. The van der Waals surface area contributed by atoms with E-state index >= 15 is 0 Å². The fourth-order valence-corrected chi connectivity index (χ4v) is 1.11. The fourth-order valence-electron chi connectivity index (χ4n) is 1.11. The Bertz CT molecular complexity index is 254. The number of hydrogen-bond donors (Lipinski definition) is 1. The predicted octanol–water partition coefficient (Wildman–Crippen LogP) is 2.49. The second-order valence-electron chi connectivity index (χ2n) is 3.03. The third kappa shape index (κ3) is 3.74. The Balaban J connectivity index is 2.31. The van der Waals surface area contributed by atoms with Crippen molar-refractivity contribution in [3.63, 3.8) is 0 Å². The lowest BCUT2D eigenvalue weighted by Gasteiger charge is -2.07. The average molecular weight is 176 g/mol. The Morgan fingerprint density at radius 2 is 2.38 bits per heavy atom. The molecule has 0 aromatic carbocycles. The topological polar surface area (TPSA) is 24.9 Å². The van der Waals surface area contributed by atoms with E-state index in [1.54, 1.807) is 6.20 Å². The highest BCUT2D eigenvalue weighted by molar-refractivity contribution is 5.04. The summed E-state index contributed by atoms with van der Waals surface area (Å²) in [5.41, 5.74) is 2.15. The van der Waals surface area contributed by atoms with E-state index in [-0.39, 0.29) is 0 Å². The SMILES string of the molecule is C=C(CCC)NCc1ccccn1. The van der Waals surface area contributed by atoms with Gasteiger partial charge in [-0.1, -0.05) is 26.0 Å². The minimum Gasteiger partial charge on any atom is -0.383 e. The molecule has 0 aliphatic carbocycles.